The number of aryl methyl sites for hydroxylation is 2. The Morgan fingerprint density at radius 1 is 1.00 bits per heavy atom. The second kappa shape index (κ2) is 7.82. The number of fused-ring (bicyclic) bond motifs is 1. The Hall–Kier alpha value is -2.94. The van der Waals surface area contributed by atoms with E-state index in [0.29, 0.717) is 6.04 Å². The average molecular weight is 386 g/mol. The molecule has 0 spiro atoms. The zero-order valence-electron chi connectivity index (χ0n) is 18.2. The minimum absolute atomic E-state index is 0.424. The topological polar surface area (TPSA) is 11.4 Å². The van der Waals surface area contributed by atoms with Gasteiger partial charge in [0.05, 0.1) is 0 Å². The van der Waals surface area contributed by atoms with Gasteiger partial charge in [0, 0.05) is 55.6 Å². The van der Waals surface area contributed by atoms with Crippen LogP contribution in [0.2, 0.25) is 0 Å². The smallest absolute Gasteiger partial charge is 0.0476 e. The molecule has 3 heteroatoms. The number of anilines is 2. The first-order valence-corrected chi connectivity index (χ1v) is 10.4. The third-order valence-corrected chi connectivity index (χ3v) is 6.15. The SMILES string of the molecule is Cc1cc(/C=C/C2CCc3cc(N(C)C)ccc3N2C)c(C)n1-c1ccccc1. The highest BCUT2D eigenvalue weighted by Gasteiger charge is 2.22. The maximum Gasteiger partial charge on any atom is 0.0476 e. The molecule has 0 aliphatic carbocycles. The predicted octanol–water partition coefficient (Wildman–Crippen LogP) is 5.62. The zero-order chi connectivity index (χ0) is 20.5. The van der Waals surface area contributed by atoms with Crippen LogP contribution in [-0.2, 0) is 6.42 Å². The minimum Gasteiger partial charge on any atom is -0.378 e. The molecule has 0 saturated carbocycles. The van der Waals surface area contributed by atoms with Crippen LogP contribution >= 0.6 is 0 Å². The number of benzene rings is 2. The van der Waals surface area contributed by atoms with Crippen molar-refractivity contribution in [1.82, 2.24) is 4.57 Å². The van der Waals surface area contributed by atoms with Gasteiger partial charge in [0.1, 0.15) is 0 Å². The summed E-state index contributed by atoms with van der Waals surface area (Å²) in [7, 11) is 6.42. The van der Waals surface area contributed by atoms with Crippen LogP contribution in [0.3, 0.4) is 0 Å². The van der Waals surface area contributed by atoms with Crippen LogP contribution in [0.25, 0.3) is 11.8 Å². The first-order chi connectivity index (χ1) is 14.0. The average Bonchev–Trinajstić information content (AvgIpc) is 3.01. The van der Waals surface area contributed by atoms with E-state index in [1.165, 1.54) is 39.6 Å². The number of hydrogen-bond donors (Lipinski definition) is 0. The maximum absolute atomic E-state index is 2.42. The molecule has 0 saturated heterocycles. The van der Waals surface area contributed by atoms with Crippen LogP contribution in [0.1, 0.15) is 28.9 Å². The van der Waals surface area contributed by atoms with Gasteiger partial charge in [-0.25, -0.2) is 0 Å². The molecule has 0 radical (unpaired) electrons. The molecule has 3 aromatic rings. The number of nitrogens with zero attached hydrogens (tertiary/aromatic N) is 3. The van der Waals surface area contributed by atoms with Crippen LogP contribution in [0.15, 0.2) is 60.7 Å². The van der Waals surface area contributed by atoms with Crippen LogP contribution in [0.4, 0.5) is 11.4 Å². The van der Waals surface area contributed by atoms with Crippen molar-refractivity contribution < 1.29 is 0 Å². The fourth-order valence-corrected chi connectivity index (χ4v) is 4.44. The summed E-state index contributed by atoms with van der Waals surface area (Å²) >= 11 is 0. The molecule has 4 rings (SSSR count). The monoisotopic (exact) mass is 385 g/mol. The highest BCUT2D eigenvalue weighted by molar-refractivity contribution is 5.65. The molecular formula is C26H31N3. The molecule has 2 aromatic carbocycles. The molecule has 150 valence electrons. The molecule has 29 heavy (non-hydrogen) atoms. The molecular weight excluding hydrogens is 354 g/mol. The molecule has 1 aliphatic rings. The summed E-state index contributed by atoms with van der Waals surface area (Å²) in [5.74, 6) is 0. The van der Waals surface area contributed by atoms with E-state index in [1.54, 1.807) is 0 Å². The summed E-state index contributed by atoms with van der Waals surface area (Å²) in [6.45, 7) is 4.39. The molecule has 1 atom stereocenters. The van der Waals surface area contributed by atoms with Gasteiger partial charge in [-0.2, -0.15) is 0 Å². The van der Waals surface area contributed by atoms with Crippen molar-refractivity contribution in [3.05, 3.63) is 83.2 Å². The predicted molar refractivity (Wildman–Crippen MR) is 126 cm³/mol. The van der Waals surface area contributed by atoms with Crippen molar-refractivity contribution in [3.8, 4) is 5.69 Å². The van der Waals surface area contributed by atoms with E-state index >= 15 is 0 Å². The zero-order valence-corrected chi connectivity index (χ0v) is 18.2. The minimum atomic E-state index is 0.424. The van der Waals surface area contributed by atoms with E-state index in [4.69, 9.17) is 0 Å². The van der Waals surface area contributed by atoms with Gasteiger partial charge in [-0.15, -0.1) is 0 Å². The van der Waals surface area contributed by atoms with Crippen molar-refractivity contribution in [2.75, 3.05) is 30.9 Å². The summed E-state index contributed by atoms with van der Waals surface area (Å²) < 4.78 is 2.34. The van der Waals surface area contributed by atoms with Gasteiger partial charge < -0.3 is 14.4 Å². The lowest BCUT2D eigenvalue weighted by atomic mass is 9.95. The lowest BCUT2D eigenvalue weighted by Gasteiger charge is -2.35. The Morgan fingerprint density at radius 3 is 2.48 bits per heavy atom. The fourth-order valence-electron chi connectivity index (χ4n) is 4.44. The van der Waals surface area contributed by atoms with Crippen LogP contribution < -0.4 is 9.80 Å². The third kappa shape index (κ3) is 3.69. The van der Waals surface area contributed by atoms with E-state index in [0.717, 1.165) is 12.8 Å². The second-order valence-corrected chi connectivity index (χ2v) is 8.28. The van der Waals surface area contributed by atoms with Crippen LogP contribution in [-0.4, -0.2) is 31.8 Å². The van der Waals surface area contributed by atoms with Crippen LogP contribution in [0.5, 0.6) is 0 Å². The molecule has 3 nitrogen and oxygen atoms in total. The molecule has 1 unspecified atom stereocenters. The van der Waals surface area contributed by atoms with Gasteiger partial charge in [0.25, 0.3) is 0 Å². The molecule has 0 bridgehead atoms. The second-order valence-electron chi connectivity index (χ2n) is 8.28. The van der Waals surface area contributed by atoms with Gasteiger partial charge in [-0.1, -0.05) is 30.4 Å². The standard InChI is InChI=1S/C26H31N3/c1-19-17-21(20(2)29(19)24-9-7-6-8-10-24)11-13-23-14-12-22-18-25(27(3)4)15-16-26(22)28(23)5/h6-11,13,15-18,23H,12,14H2,1-5H3/b13-11+. The highest BCUT2D eigenvalue weighted by Crippen LogP contribution is 2.33. The first kappa shape index (κ1) is 19.4. The summed E-state index contributed by atoms with van der Waals surface area (Å²) in [6, 6.07) is 20.1. The normalized spacial score (nSPS) is 16.3. The molecule has 1 aromatic heterocycles. The number of hydrogen-bond acceptors (Lipinski definition) is 2. The maximum atomic E-state index is 2.42. The lowest BCUT2D eigenvalue weighted by molar-refractivity contribution is 0.646. The Labute approximate surface area is 174 Å². The quantitative estimate of drug-likeness (QED) is 0.577. The van der Waals surface area contributed by atoms with Gasteiger partial charge in [0.15, 0.2) is 0 Å². The highest BCUT2D eigenvalue weighted by atomic mass is 15.1. The van der Waals surface area contributed by atoms with Gasteiger partial charge in [0.2, 0.25) is 0 Å². The Morgan fingerprint density at radius 2 is 1.76 bits per heavy atom. The van der Waals surface area contributed by atoms with Crippen molar-refractivity contribution in [3.63, 3.8) is 0 Å². The van der Waals surface area contributed by atoms with Crippen LogP contribution in [0, 0.1) is 13.8 Å². The van der Waals surface area contributed by atoms with Crippen molar-refractivity contribution in [2.24, 2.45) is 0 Å². The fraction of sp³-hybridized carbons (Fsp3) is 0.308. The number of para-hydroxylation sites is 1. The summed E-state index contributed by atoms with van der Waals surface area (Å²) in [4.78, 5) is 4.60. The first-order valence-electron chi connectivity index (χ1n) is 10.4. The Bertz CT molecular complexity index is 1030. The largest absolute Gasteiger partial charge is 0.378 e. The number of aromatic nitrogens is 1. The molecule has 0 fully saturated rings. The molecule has 1 aliphatic heterocycles. The van der Waals surface area contributed by atoms with Gasteiger partial charge in [-0.05, 0) is 74.2 Å². The van der Waals surface area contributed by atoms with Crippen molar-refractivity contribution in [1.29, 1.82) is 0 Å². The summed E-state index contributed by atoms with van der Waals surface area (Å²) in [6.07, 6.45) is 6.95. The van der Waals surface area contributed by atoms with E-state index in [9.17, 15) is 0 Å². The van der Waals surface area contributed by atoms with E-state index in [2.05, 4.69) is 116 Å². The summed E-state index contributed by atoms with van der Waals surface area (Å²) in [5, 5.41) is 0. The van der Waals surface area contributed by atoms with Gasteiger partial charge in [-0.3, -0.25) is 0 Å². The molecule has 0 N–H and O–H groups in total. The molecule has 2 heterocycles. The van der Waals surface area contributed by atoms with E-state index in [1.807, 2.05) is 0 Å². The van der Waals surface area contributed by atoms with Gasteiger partial charge >= 0.3 is 0 Å². The molecule has 0 amide bonds. The van der Waals surface area contributed by atoms with Crippen molar-refractivity contribution >= 4 is 17.5 Å². The lowest BCUT2D eigenvalue weighted by Crippen LogP contribution is -2.34. The van der Waals surface area contributed by atoms with E-state index in [-0.39, 0.29) is 0 Å². The number of likely N-dealkylation sites (N-methyl/N-ethyl adjacent to an activating group) is 1. The Balaban J connectivity index is 1.58. The van der Waals surface area contributed by atoms with E-state index < -0.39 is 0 Å². The Kier molecular flexibility index (Phi) is 5.23. The number of rotatable bonds is 4. The third-order valence-electron chi connectivity index (χ3n) is 6.15. The summed E-state index contributed by atoms with van der Waals surface area (Å²) in [5.41, 5.74) is 9.17. The van der Waals surface area contributed by atoms with Crippen molar-refractivity contribution in [2.45, 2.75) is 32.7 Å².